The minimum Gasteiger partial charge on any atom is -0.491 e. The van der Waals surface area contributed by atoms with Crippen LogP contribution < -0.4 is 18.9 Å². The number of esters is 2. The molecule has 0 spiro atoms. The Labute approximate surface area is 413 Å². The molecule has 0 unspecified atom stereocenters. The van der Waals surface area contributed by atoms with Crippen LogP contribution in [0.2, 0.25) is 5.02 Å². The summed E-state index contributed by atoms with van der Waals surface area (Å²) in [6, 6.07) is 26.6. The highest BCUT2D eigenvalue weighted by molar-refractivity contribution is 6.32. The molecular weight excluding hydrogens is 894 g/mol. The van der Waals surface area contributed by atoms with E-state index in [-0.39, 0.29) is 39.1 Å². The van der Waals surface area contributed by atoms with Crippen LogP contribution in [0.5, 0.6) is 23.0 Å². The Balaban J connectivity index is 1.02. The second-order valence-electron chi connectivity index (χ2n) is 17.4. The van der Waals surface area contributed by atoms with Crippen LogP contribution in [0.1, 0.15) is 174 Å². The van der Waals surface area contributed by atoms with Crippen LogP contribution in [-0.2, 0) is 0 Å². The van der Waals surface area contributed by atoms with E-state index in [0.717, 1.165) is 25.7 Å². The fourth-order valence-electron chi connectivity index (χ4n) is 7.58. The molecule has 0 aliphatic carbocycles. The molecule has 5 rings (SSSR count). The number of hydrogen-bond donors (Lipinski definition) is 0. The number of halogens is 3. The molecule has 8 nitrogen and oxygen atoms in total. The largest absolute Gasteiger partial charge is 0.491 e. The summed E-state index contributed by atoms with van der Waals surface area (Å²) in [5.41, 5.74) is 2.74. The maximum absolute atomic E-state index is 14.8. The Morgan fingerprint density at radius 3 is 1.26 bits per heavy atom. The van der Waals surface area contributed by atoms with Crippen LogP contribution in [0.3, 0.4) is 0 Å². The first-order valence-corrected chi connectivity index (χ1v) is 25.5. The van der Waals surface area contributed by atoms with Crippen molar-refractivity contribution in [1.29, 1.82) is 0 Å². The number of ether oxygens (including phenoxy) is 4. The molecule has 0 fully saturated rings. The molecule has 0 aliphatic rings. The number of benzene rings is 5. The van der Waals surface area contributed by atoms with Gasteiger partial charge in [0.2, 0.25) is 0 Å². The summed E-state index contributed by atoms with van der Waals surface area (Å²) >= 11 is 6.35. The Hall–Kier alpha value is -5.87. The third kappa shape index (κ3) is 20.3. The highest BCUT2D eigenvalue weighted by atomic mass is 35.5. The lowest BCUT2D eigenvalue weighted by molar-refractivity contribution is 0.0732. The highest BCUT2D eigenvalue weighted by Gasteiger charge is 2.15. The Morgan fingerprint density at radius 1 is 0.464 bits per heavy atom. The lowest BCUT2D eigenvalue weighted by Crippen LogP contribution is -2.10. The molecular formula is C58H69ClF2N2O6. The van der Waals surface area contributed by atoms with Gasteiger partial charge in [-0.2, -0.15) is 0 Å². The summed E-state index contributed by atoms with van der Waals surface area (Å²) in [4.78, 5) is 34.9. The van der Waals surface area contributed by atoms with E-state index in [2.05, 4.69) is 23.8 Å². The van der Waals surface area contributed by atoms with Gasteiger partial charge < -0.3 is 18.9 Å². The van der Waals surface area contributed by atoms with Crippen molar-refractivity contribution in [2.45, 2.75) is 142 Å². The first-order chi connectivity index (χ1) is 33.7. The molecule has 0 atom stereocenters. The van der Waals surface area contributed by atoms with Crippen molar-refractivity contribution >= 4 is 47.3 Å². The van der Waals surface area contributed by atoms with Crippen molar-refractivity contribution in [2.24, 2.45) is 9.98 Å². The Bertz CT molecular complexity index is 2370. The monoisotopic (exact) mass is 962 g/mol. The quantitative estimate of drug-likeness (QED) is 0.0184. The van der Waals surface area contributed by atoms with Crippen molar-refractivity contribution in [2.75, 3.05) is 13.2 Å². The molecule has 11 heteroatoms. The Morgan fingerprint density at radius 2 is 0.855 bits per heavy atom. The predicted octanol–water partition coefficient (Wildman–Crippen LogP) is 17.2. The Kier molecular flexibility index (Phi) is 24.5. The first-order valence-electron chi connectivity index (χ1n) is 25.1. The molecule has 0 saturated heterocycles. The minimum absolute atomic E-state index is 0.00670. The molecule has 0 saturated carbocycles. The molecule has 0 heterocycles. The van der Waals surface area contributed by atoms with E-state index in [9.17, 15) is 18.4 Å². The van der Waals surface area contributed by atoms with E-state index in [1.165, 1.54) is 133 Å². The molecule has 0 aromatic heterocycles. The van der Waals surface area contributed by atoms with Gasteiger partial charge in [0.15, 0.2) is 28.9 Å². The van der Waals surface area contributed by atoms with Crippen molar-refractivity contribution in [3.63, 3.8) is 0 Å². The van der Waals surface area contributed by atoms with Gasteiger partial charge in [0, 0.05) is 30.6 Å². The normalized spacial score (nSPS) is 11.4. The van der Waals surface area contributed by atoms with Gasteiger partial charge in [-0.3, -0.25) is 9.98 Å². The summed E-state index contributed by atoms with van der Waals surface area (Å²) in [6.45, 7) is 5.42. The number of hydrogen-bond acceptors (Lipinski definition) is 8. The minimum atomic E-state index is -0.678. The third-order valence-corrected chi connectivity index (χ3v) is 12.0. The summed E-state index contributed by atoms with van der Waals surface area (Å²) in [5.74, 6) is -1.71. The number of rotatable bonds is 32. The maximum atomic E-state index is 14.8. The standard InChI is InChI=1S/C58H69ClF2N2O6/c1-3-5-7-9-11-13-15-17-19-21-37-66-54-35-31-48(39-52(54)60)62-42-44-23-27-46(28-24-44)57(64)68-50-33-34-51(59)56(41-50)69-58(65)47-29-25-45(26-30-47)43-63-49-32-36-55(53(61)40-49)67-38-22-20-18-16-14-12-10-8-6-4-2/h23-36,39-43H,3-22,37-38H2,1-2H3. The first kappa shape index (κ1) is 54.1. The zero-order valence-electron chi connectivity index (χ0n) is 40.5. The van der Waals surface area contributed by atoms with E-state index in [1.807, 2.05) is 0 Å². The lowest BCUT2D eigenvalue weighted by Gasteiger charge is -2.10. The van der Waals surface area contributed by atoms with Crippen molar-refractivity contribution in [3.8, 4) is 23.0 Å². The van der Waals surface area contributed by atoms with E-state index in [4.69, 9.17) is 30.5 Å². The molecule has 69 heavy (non-hydrogen) atoms. The smallest absolute Gasteiger partial charge is 0.343 e. The number of aliphatic imine (C=N–C) groups is 2. The van der Waals surface area contributed by atoms with Gasteiger partial charge in [-0.15, -0.1) is 0 Å². The third-order valence-electron chi connectivity index (χ3n) is 11.7. The van der Waals surface area contributed by atoms with Gasteiger partial charge in [-0.1, -0.05) is 165 Å². The van der Waals surface area contributed by atoms with E-state index >= 15 is 0 Å². The molecule has 0 amide bonds. The molecule has 5 aromatic rings. The SMILES string of the molecule is CCCCCCCCCCCCOc1ccc(N=Cc2ccc(C(=O)Oc3ccc(Cl)c(OC(=O)c4ccc(C=Nc5ccc(OCCCCCCCCCCCC)c(F)c5)cc4)c3)cc2)cc1F. The van der Waals surface area contributed by atoms with Crippen LogP contribution in [0.4, 0.5) is 20.2 Å². The molecule has 0 radical (unpaired) electrons. The van der Waals surface area contributed by atoms with Crippen molar-refractivity contribution in [1.82, 2.24) is 0 Å². The van der Waals surface area contributed by atoms with Gasteiger partial charge in [-0.05, 0) is 84.6 Å². The zero-order chi connectivity index (χ0) is 48.9. The summed E-state index contributed by atoms with van der Waals surface area (Å²) in [5, 5.41) is 0.143. The fourth-order valence-corrected chi connectivity index (χ4v) is 7.73. The molecule has 368 valence electrons. The zero-order valence-corrected chi connectivity index (χ0v) is 41.3. The van der Waals surface area contributed by atoms with Crippen LogP contribution in [0.25, 0.3) is 0 Å². The van der Waals surface area contributed by atoms with Crippen LogP contribution >= 0.6 is 11.6 Å². The molecule has 0 aliphatic heterocycles. The summed E-state index contributed by atoms with van der Waals surface area (Å²) < 4.78 is 52.0. The second kappa shape index (κ2) is 31.3. The second-order valence-corrected chi connectivity index (χ2v) is 17.8. The number of unbranched alkanes of at least 4 members (excludes halogenated alkanes) is 18. The van der Waals surface area contributed by atoms with E-state index < -0.39 is 23.6 Å². The predicted molar refractivity (Wildman–Crippen MR) is 276 cm³/mol. The molecule has 0 bridgehead atoms. The van der Waals surface area contributed by atoms with Gasteiger partial charge in [0.25, 0.3) is 0 Å². The van der Waals surface area contributed by atoms with Crippen LogP contribution in [-0.4, -0.2) is 37.6 Å². The van der Waals surface area contributed by atoms with E-state index in [0.29, 0.717) is 35.7 Å². The number of carbonyl (C=O) groups excluding carboxylic acids is 2. The van der Waals surface area contributed by atoms with Gasteiger partial charge in [-0.25, -0.2) is 18.4 Å². The van der Waals surface area contributed by atoms with Crippen LogP contribution in [0, 0.1) is 11.6 Å². The number of nitrogens with zero attached hydrogens (tertiary/aromatic N) is 2. The summed E-state index contributed by atoms with van der Waals surface area (Å²) in [7, 11) is 0. The van der Waals surface area contributed by atoms with Crippen molar-refractivity contribution in [3.05, 3.63) is 142 Å². The maximum Gasteiger partial charge on any atom is 0.343 e. The average Bonchev–Trinajstić information content (AvgIpc) is 3.36. The fraction of sp³-hybridized carbons (Fsp3) is 0.414. The molecule has 0 N–H and O–H groups in total. The van der Waals surface area contributed by atoms with Crippen LogP contribution in [0.15, 0.2) is 113 Å². The van der Waals surface area contributed by atoms with Crippen molar-refractivity contribution < 1.29 is 37.3 Å². The average molecular weight is 964 g/mol. The summed E-state index contributed by atoms with van der Waals surface area (Å²) in [6.07, 6.45) is 27.6. The van der Waals surface area contributed by atoms with E-state index in [1.54, 1.807) is 85.2 Å². The van der Waals surface area contributed by atoms with Gasteiger partial charge in [0.1, 0.15) is 5.75 Å². The number of carbonyl (C=O) groups is 2. The van der Waals surface area contributed by atoms with Gasteiger partial charge >= 0.3 is 11.9 Å². The highest BCUT2D eigenvalue weighted by Crippen LogP contribution is 2.31. The lowest BCUT2D eigenvalue weighted by atomic mass is 10.1. The van der Waals surface area contributed by atoms with Gasteiger partial charge in [0.05, 0.1) is 40.7 Å². The molecule has 5 aromatic carbocycles. The topological polar surface area (TPSA) is 95.8 Å².